The molecular formula is C46H76N14O8. The normalized spacial score (nSPS) is 14.1. The number of unbranched alkanes of at least 4 members (excludes halogenated alkanes) is 1. The Morgan fingerprint density at radius 3 is 1.38 bits per heavy atom. The third kappa shape index (κ3) is 22.2. The number of hydrogen-bond acceptors (Lipinski definition) is 12. The summed E-state index contributed by atoms with van der Waals surface area (Å²) in [5, 5.41) is 37.1. The number of nitrogens with zero attached hydrogens (tertiary/aromatic N) is 2. The van der Waals surface area contributed by atoms with E-state index in [1.54, 1.807) is 31.2 Å². The average Bonchev–Trinajstić information content (AvgIpc) is 3.28. The van der Waals surface area contributed by atoms with Crippen molar-refractivity contribution in [1.82, 2.24) is 31.9 Å². The van der Waals surface area contributed by atoms with E-state index in [-0.39, 0.29) is 74.5 Å². The van der Waals surface area contributed by atoms with E-state index in [9.17, 15) is 39.0 Å². The van der Waals surface area contributed by atoms with Crippen LogP contribution < -0.4 is 66.3 Å². The molecule has 68 heavy (non-hydrogen) atoms. The molecule has 6 amide bonds. The Morgan fingerprint density at radius 1 is 0.544 bits per heavy atom. The molecule has 0 aromatic heterocycles. The first-order valence-corrected chi connectivity index (χ1v) is 23.2. The Hall–Kier alpha value is -6.68. The van der Waals surface area contributed by atoms with E-state index < -0.39 is 77.6 Å². The van der Waals surface area contributed by atoms with Gasteiger partial charge in [0.1, 0.15) is 41.7 Å². The SMILES string of the molecule is CC[C@H](C)[C@H](NC(=O)[C@H](CCCN=C(N)N)NC(=O)[C@H](Cc1ccc(O)cc1)NC(=O)[C@H](Cc1ccc(O)cc1)NC(=O)[C@H](CCCN=C(N)N)NCC(C)C)C(=O)N[C@@H](CCCCN)C(N)=O. The van der Waals surface area contributed by atoms with Crippen molar-refractivity contribution < 1.29 is 39.0 Å². The average molecular weight is 953 g/mol. The van der Waals surface area contributed by atoms with Gasteiger partial charge in [-0.2, -0.15) is 0 Å². The number of primary amides is 1. The van der Waals surface area contributed by atoms with Crippen molar-refractivity contribution in [3.05, 3.63) is 59.7 Å². The van der Waals surface area contributed by atoms with Crippen molar-refractivity contribution in [2.45, 2.75) is 128 Å². The van der Waals surface area contributed by atoms with E-state index in [1.165, 1.54) is 24.3 Å². The molecule has 0 fully saturated rings. The van der Waals surface area contributed by atoms with Crippen LogP contribution in [0.15, 0.2) is 58.5 Å². The number of carbonyl (C=O) groups is 6. The molecule has 0 aliphatic rings. The van der Waals surface area contributed by atoms with Gasteiger partial charge in [-0.05, 0) is 105 Å². The van der Waals surface area contributed by atoms with E-state index in [0.29, 0.717) is 56.3 Å². The van der Waals surface area contributed by atoms with E-state index in [2.05, 4.69) is 41.9 Å². The van der Waals surface area contributed by atoms with Crippen molar-refractivity contribution in [2.24, 2.45) is 56.2 Å². The molecule has 7 atom stereocenters. The number of guanidine groups is 2. The lowest BCUT2D eigenvalue weighted by atomic mass is 9.96. The van der Waals surface area contributed by atoms with Crippen molar-refractivity contribution in [3.8, 4) is 11.5 Å². The number of aromatic hydroxyl groups is 2. The Labute approximate surface area is 399 Å². The molecule has 20 N–H and O–H groups in total. The van der Waals surface area contributed by atoms with Crippen molar-refractivity contribution in [2.75, 3.05) is 26.2 Å². The lowest BCUT2D eigenvalue weighted by Gasteiger charge is -2.29. The predicted molar refractivity (Wildman–Crippen MR) is 261 cm³/mol. The van der Waals surface area contributed by atoms with Gasteiger partial charge in [0.25, 0.3) is 0 Å². The lowest BCUT2D eigenvalue weighted by Crippen LogP contribution is -2.61. The van der Waals surface area contributed by atoms with Crippen LogP contribution in [0.25, 0.3) is 0 Å². The number of aliphatic imine (C=N–C) groups is 2. The molecule has 0 bridgehead atoms. The van der Waals surface area contributed by atoms with Crippen LogP contribution >= 0.6 is 0 Å². The van der Waals surface area contributed by atoms with E-state index in [0.717, 1.165) is 0 Å². The molecule has 2 aromatic carbocycles. The Morgan fingerprint density at radius 2 is 0.956 bits per heavy atom. The van der Waals surface area contributed by atoms with Gasteiger partial charge in [-0.1, -0.05) is 58.4 Å². The quantitative estimate of drug-likeness (QED) is 0.0230. The van der Waals surface area contributed by atoms with E-state index in [4.69, 9.17) is 34.4 Å². The maximum atomic E-state index is 14.5. The van der Waals surface area contributed by atoms with Gasteiger partial charge in [-0.25, -0.2) is 0 Å². The Kier molecular flexibility index (Phi) is 25.8. The predicted octanol–water partition coefficient (Wildman–Crippen LogP) is -1.31. The molecule has 0 aliphatic heterocycles. The zero-order valence-corrected chi connectivity index (χ0v) is 39.8. The summed E-state index contributed by atoms with van der Waals surface area (Å²) < 4.78 is 0. The molecular weight excluding hydrogens is 877 g/mol. The number of phenolic OH excluding ortho intramolecular Hbond substituents is 2. The number of hydrogen-bond donors (Lipinski definition) is 14. The highest BCUT2D eigenvalue weighted by molar-refractivity contribution is 5.97. The molecule has 22 nitrogen and oxygen atoms in total. The van der Waals surface area contributed by atoms with E-state index in [1.807, 2.05) is 20.8 Å². The number of carbonyl (C=O) groups excluding carboxylic acids is 6. The van der Waals surface area contributed by atoms with Gasteiger partial charge in [0.2, 0.25) is 35.4 Å². The number of nitrogens with one attached hydrogen (secondary N) is 6. The lowest BCUT2D eigenvalue weighted by molar-refractivity contribution is -0.135. The minimum Gasteiger partial charge on any atom is -0.508 e. The highest BCUT2D eigenvalue weighted by atomic mass is 16.3. The number of amides is 6. The molecule has 0 spiro atoms. The van der Waals surface area contributed by atoms with Crippen LogP contribution in [-0.4, -0.2) is 120 Å². The molecule has 0 unspecified atom stereocenters. The number of rotatable bonds is 32. The fourth-order valence-electron chi connectivity index (χ4n) is 6.95. The van der Waals surface area contributed by atoms with E-state index >= 15 is 0 Å². The minimum atomic E-state index is -1.37. The second-order valence-electron chi connectivity index (χ2n) is 17.3. The van der Waals surface area contributed by atoms with Crippen LogP contribution in [0.3, 0.4) is 0 Å². The first-order chi connectivity index (χ1) is 32.2. The molecule has 378 valence electrons. The first-order valence-electron chi connectivity index (χ1n) is 23.2. The second kappa shape index (κ2) is 30.6. The van der Waals surface area contributed by atoms with Crippen molar-refractivity contribution in [3.63, 3.8) is 0 Å². The Balaban J connectivity index is 2.56. The van der Waals surface area contributed by atoms with Gasteiger partial charge >= 0.3 is 0 Å². The third-order valence-corrected chi connectivity index (χ3v) is 11.0. The largest absolute Gasteiger partial charge is 0.508 e. The number of benzene rings is 2. The van der Waals surface area contributed by atoms with Gasteiger partial charge in [-0.3, -0.25) is 38.8 Å². The molecule has 0 saturated carbocycles. The Bertz CT molecular complexity index is 1960. The van der Waals surface area contributed by atoms with Crippen LogP contribution in [0, 0.1) is 11.8 Å². The maximum Gasteiger partial charge on any atom is 0.243 e. The van der Waals surface area contributed by atoms with Gasteiger partial charge in [-0.15, -0.1) is 0 Å². The fraction of sp³-hybridized carbons (Fsp3) is 0.565. The fourth-order valence-corrected chi connectivity index (χ4v) is 6.95. The summed E-state index contributed by atoms with van der Waals surface area (Å²) in [5.41, 5.74) is 34.4. The van der Waals surface area contributed by atoms with Crippen LogP contribution in [-0.2, 0) is 41.6 Å². The molecule has 2 aromatic rings. The van der Waals surface area contributed by atoms with Crippen LogP contribution in [0.4, 0.5) is 0 Å². The summed E-state index contributed by atoms with van der Waals surface area (Å²) in [4.78, 5) is 91.4. The minimum absolute atomic E-state index is 0.00989. The topological polar surface area (TPSA) is 396 Å². The maximum absolute atomic E-state index is 14.5. The molecule has 0 aliphatic carbocycles. The standard InChI is InChI=1S/C46H76N14O8/c1-5-28(4)38(44(68)56-33(39(48)63)10-6-7-21-47)60-41(65)35(12-9-23-54-46(51)52)57-42(66)36(24-29-13-17-31(61)18-14-29)59-43(67)37(25-30-15-19-32(62)20-16-30)58-40(64)34(55-26-27(2)3)11-8-22-53-45(49)50/h13-20,27-28,33-38,55,61-62H,5-12,21-26,47H2,1-4H3,(H2,48,63)(H,56,68)(H,57,66)(H,58,64)(H,59,67)(H,60,65)(H4,49,50,53)(H4,51,52,54)/t28-,33-,34-,35-,36-,37-,38-/m0/s1. The first kappa shape index (κ1) is 57.4. The zero-order valence-electron chi connectivity index (χ0n) is 39.8. The monoisotopic (exact) mass is 953 g/mol. The molecule has 2 rings (SSSR count). The summed E-state index contributed by atoms with van der Waals surface area (Å²) in [6.07, 6.45) is 2.60. The number of nitrogens with two attached hydrogens (primary N) is 6. The summed E-state index contributed by atoms with van der Waals surface area (Å²) in [7, 11) is 0. The summed E-state index contributed by atoms with van der Waals surface area (Å²) >= 11 is 0. The van der Waals surface area contributed by atoms with Crippen LogP contribution in [0.2, 0.25) is 0 Å². The summed E-state index contributed by atoms with van der Waals surface area (Å²) in [5.74, 6) is -4.74. The molecule has 0 radical (unpaired) electrons. The summed E-state index contributed by atoms with van der Waals surface area (Å²) in [6, 6.07) is 5.20. The van der Waals surface area contributed by atoms with Gasteiger partial charge in [0.15, 0.2) is 11.9 Å². The van der Waals surface area contributed by atoms with Gasteiger partial charge in [0, 0.05) is 25.9 Å². The van der Waals surface area contributed by atoms with Crippen LogP contribution in [0.1, 0.15) is 90.2 Å². The smallest absolute Gasteiger partial charge is 0.243 e. The zero-order chi connectivity index (χ0) is 50.8. The van der Waals surface area contributed by atoms with Crippen molar-refractivity contribution >= 4 is 47.4 Å². The van der Waals surface area contributed by atoms with Gasteiger partial charge < -0.3 is 76.5 Å². The second-order valence-corrected chi connectivity index (χ2v) is 17.3. The molecule has 0 heterocycles. The van der Waals surface area contributed by atoms with Crippen molar-refractivity contribution in [1.29, 1.82) is 0 Å². The summed E-state index contributed by atoms with van der Waals surface area (Å²) in [6.45, 7) is 8.76. The highest BCUT2D eigenvalue weighted by Gasteiger charge is 2.34. The van der Waals surface area contributed by atoms with Crippen LogP contribution in [0.5, 0.6) is 11.5 Å². The van der Waals surface area contributed by atoms with Gasteiger partial charge in [0.05, 0.1) is 6.04 Å². The number of phenols is 2. The highest BCUT2D eigenvalue weighted by Crippen LogP contribution is 2.16. The molecule has 0 saturated heterocycles. The third-order valence-electron chi connectivity index (χ3n) is 11.0. The molecule has 22 heteroatoms.